The lowest BCUT2D eigenvalue weighted by molar-refractivity contribution is 0.587. The minimum Gasteiger partial charge on any atom is -0.310 e. The molecule has 0 radical (unpaired) electrons. The van der Waals surface area contributed by atoms with Crippen LogP contribution in [0.3, 0.4) is 0 Å². The number of benzene rings is 1. The summed E-state index contributed by atoms with van der Waals surface area (Å²) >= 11 is 0. The SMILES string of the molecule is CCCn1ncc(-c2ccccc2C(C)NCC)c1C. The average Bonchev–Trinajstić information content (AvgIpc) is 2.81. The molecule has 0 saturated carbocycles. The number of nitrogens with zero attached hydrogens (tertiary/aromatic N) is 2. The third-order valence-corrected chi connectivity index (χ3v) is 3.77. The summed E-state index contributed by atoms with van der Waals surface area (Å²) in [5.41, 5.74) is 5.14. The van der Waals surface area contributed by atoms with Gasteiger partial charge in [-0.2, -0.15) is 5.10 Å². The van der Waals surface area contributed by atoms with E-state index < -0.39 is 0 Å². The third-order valence-electron chi connectivity index (χ3n) is 3.77. The molecule has 3 heteroatoms. The predicted molar refractivity (Wildman–Crippen MR) is 84.8 cm³/mol. The smallest absolute Gasteiger partial charge is 0.0571 e. The van der Waals surface area contributed by atoms with E-state index in [1.807, 2.05) is 6.20 Å². The van der Waals surface area contributed by atoms with Crippen LogP contribution < -0.4 is 5.32 Å². The zero-order valence-corrected chi connectivity index (χ0v) is 13.0. The Balaban J connectivity index is 2.42. The minimum atomic E-state index is 0.352. The molecule has 0 aliphatic rings. The monoisotopic (exact) mass is 271 g/mol. The Labute approximate surface area is 122 Å². The maximum absolute atomic E-state index is 4.52. The van der Waals surface area contributed by atoms with Crippen LogP contribution in [0.1, 0.15) is 44.5 Å². The first-order valence-corrected chi connectivity index (χ1v) is 7.54. The van der Waals surface area contributed by atoms with Gasteiger partial charge in [-0.15, -0.1) is 0 Å². The molecule has 1 unspecified atom stereocenters. The summed E-state index contributed by atoms with van der Waals surface area (Å²) < 4.78 is 2.10. The first-order chi connectivity index (χ1) is 9.69. The topological polar surface area (TPSA) is 29.9 Å². The Morgan fingerprint density at radius 2 is 1.95 bits per heavy atom. The Morgan fingerprint density at radius 1 is 1.20 bits per heavy atom. The molecule has 2 aromatic rings. The second-order valence-corrected chi connectivity index (χ2v) is 5.23. The molecule has 108 valence electrons. The van der Waals surface area contributed by atoms with Gasteiger partial charge in [0.15, 0.2) is 0 Å². The molecule has 0 saturated heterocycles. The summed E-state index contributed by atoms with van der Waals surface area (Å²) in [5, 5.41) is 8.02. The van der Waals surface area contributed by atoms with Crippen LogP contribution in [0, 0.1) is 6.92 Å². The van der Waals surface area contributed by atoms with Crippen molar-refractivity contribution in [2.75, 3.05) is 6.54 Å². The molecule has 2 rings (SSSR count). The fourth-order valence-corrected chi connectivity index (χ4v) is 2.68. The molecule has 20 heavy (non-hydrogen) atoms. The Hall–Kier alpha value is -1.61. The lowest BCUT2D eigenvalue weighted by atomic mass is 9.96. The van der Waals surface area contributed by atoms with E-state index >= 15 is 0 Å². The van der Waals surface area contributed by atoms with Crippen LogP contribution in [0.15, 0.2) is 30.5 Å². The summed E-state index contributed by atoms with van der Waals surface area (Å²) in [7, 11) is 0. The van der Waals surface area contributed by atoms with Gasteiger partial charge in [-0.25, -0.2) is 0 Å². The van der Waals surface area contributed by atoms with Gasteiger partial charge < -0.3 is 5.32 Å². The quantitative estimate of drug-likeness (QED) is 0.862. The van der Waals surface area contributed by atoms with E-state index in [4.69, 9.17) is 0 Å². The highest BCUT2D eigenvalue weighted by Crippen LogP contribution is 2.30. The van der Waals surface area contributed by atoms with Crippen molar-refractivity contribution in [3.05, 3.63) is 41.7 Å². The standard InChI is InChI=1S/C17H25N3/c1-5-11-20-14(4)17(12-19-20)16-10-8-7-9-15(16)13(3)18-6-2/h7-10,12-13,18H,5-6,11H2,1-4H3. The van der Waals surface area contributed by atoms with Crippen LogP contribution in [-0.4, -0.2) is 16.3 Å². The lowest BCUT2D eigenvalue weighted by Gasteiger charge is -2.17. The van der Waals surface area contributed by atoms with E-state index in [0.29, 0.717) is 6.04 Å². The first kappa shape index (κ1) is 14.8. The highest BCUT2D eigenvalue weighted by Gasteiger charge is 2.14. The average molecular weight is 271 g/mol. The molecule has 0 fully saturated rings. The summed E-state index contributed by atoms with van der Waals surface area (Å²) in [4.78, 5) is 0. The maximum Gasteiger partial charge on any atom is 0.0571 e. The van der Waals surface area contributed by atoms with Crippen molar-refractivity contribution >= 4 is 0 Å². The number of aromatic nitrogens is 2. The zero-order valence-electron chi connectivity index (χ0n) is 13.0. The van der Waals surface area contributed by atoms with Crippen molar-refractivity contribution in [1.82, 2.24) is 15.1 Å². The zero-order chi connectivity index (χ0) is 14.5. The molecule has 1 aromatic heterocycles. The van der Waals surface area contributed by atoms with E-state index in [9.17, 15) is 0 Å². The van der Waals surface area contributed by atoms with Gasteiger partial charge in [-0.1, -0.05) is 38.1 Å². The molecule has 1 N–H and O–H groups in total. The van der Waals surface area contributed by atoms with Gasteiger partial charge in [0.25, 0.3) is 0 Å². The van der Waals surface area contributed by atoms with Gasteiger partial charge in [-0.05, 0) is 37.9 Å². The van der Waals surface area contributed by atoms with Crippen LogP contribution in [0.2, 0.25) is 0 Å². The molecular formula is C17H25N3. The van der Waals surface area contributed by atoms with Crippen molar-refractivity contribution in [3.8, 4) is 11.1 Å². The van der Waals surface area contributed by atoms with Crippen LogP contribution in [0.25, 0.3) is 11.1 Å². The lowest BCUT2D eigenvalue weighted by Crippen LogP contribution is -2.18. The third kappa shape index (κ3) is 2.93. The van der Waals surface area contributed by atoms with Gasteiger partial charge in [0.1, 0.15) is 0 Å². The number of hydrogen-bond acceptors (Lipinski definition) is 2. The normalized spacial score (nSPS) is 12.6. The molecule has 1 aromatic carbocycles. The maximum atomic E-state index is 4.52. The van der Waals surface area contributed by atoms with Gasteiger partial charge in [0.05, 0.1) is 6.20 Å². The molecule has 0 spiro atoms. The van der Waals surface area contributed by atoms with Crippen LogP contribution in [0.5, 0.6) is 0 Å². The Bertz CT molecular complexity index is 557. The summed E-state index contributed by atoms with van der Waals surface area (Å²) in [6.07, 6.45) is 3.11. The molecule has 1 heterocycles. The fourth-order valence-electron chi connectivity index (χ4n) is 2.68. The van der Waals surface area contributed by atoms with Crippen LogP contribution in [0.4, 0.5) is 0 Å². The van der Waals surface area contributed by atoms with E-state index in [0.717, 1.165) is 19.5 Å². The van der Waals surface area contributed by atoms with Gasteiger partial charge in [0, 0.05) is 23.8 Å². The van der Waals surface area contributed by atoms with E-state index in [1.165, 1.54) is 22.4 Å². The summed E-state index contributed by atoms with van der Waals surface area (Å²) in [5.74, 6) is 0. The molecule has 0 bridgehead atoms. The van der Waals surface area contributed by atoms with E-state index in [-0.39, 0.29) is 0 Å². The van der Waals surface area contributed by atoms with Crippen molar-refractivity contribution in [3.63, 3.8) is 0 Å². The van der Waals surface area contributed by atoms with Crippen molar-refractivity contribution in [2.24, 2.45) is 0 Å². The highest BCUT2D eigenvalue weighted by molar-refractivity contribution is 5.69. The predicted octanol–water partition coefficient (Wildman–Crippen LogP) is 3.94. The van der Waals surface area contributed by atoms with Gasteiger partial charge in [-0.3, -0.25) is 4.68 Å². The number of hydrogen-bond donors (Lipinski definition) is 1. The van der Waals surface area contributed by atoms with E-state index in [1.54, 1.807) is 0 Å². The van der Waals surface area contributed by atoms with Crippen molar-refractivity contribution in [1.29, 1.82) is 0 Å². The summed E-state index contributed by atoms with van der Waals surface area (Å²) in [6, 6.07) is 8.97. The highest BCUT2D eigenvalue weighted by atomic mass is 15.3. The van der Waals surface area contributed by atoms with Gasteiger partial charge in [0.2, 0.25) is 0 Å². The molecule has 0 amide bonds. The van der Waals surface area contributed by atoms with E-state index in [2.05, 4.69) is 67.1 Å². The van der Waals surface area contributed by atoms with Crippen molar-refractivity contribution in [2.45, 2.75) is 46.7 Å². The molecule has 0 aliphatic heterocycles. The Morgan fingerprint density at radius 3 is 2.65 bits per heavy atom. The number of nitrogens with one attached hydrogen (secondary N) is 1. The van der Waals surface area contributed by atoms with Crippen molar-refractivity contribution < 1.29 is 0 Å². The number of aryl methyl sites for hydroxylation is 1. The summed E-state index contributed by atoms with van der Waals surface area (Å²) in [6.45, 7) is 10.7. The fraction of sp³-hybridized carbons (Fsp3) is 0.471. The molecular weight excluding hydrogens is 246 g/mol. The molecule has 1 atom stereocenters. The largest absolute Gasteiger partial charge is 0.310 e. The van der Waals surface area contributed by atoms with Crippen LogP contribution >= 0.6 is 0 Å². The number of rotatable bonds is 6. The molecule has 0 aliphatic carbocycles. The second-order valence-electron chi connectivity index (χ2n) is 5.23. The second kappa shape index (κ2) is 6.71. The first-order valence-electron chi connectivity index (χ1n) is 7.54. The Kier molecular flexibility index (Phi) is 4.96. The molecule has 3 nitrogen and oxygen atoms in total. The van der Waals surface area contributed by atoms with Crippen LogP contribution in [-0.2, 0) is 6.54 Å². The minimum absolute atomic E-state index is 0.352. The van der Waals surface area contributed by atoms with Gasteiger partial charge >= 0.3 is 0 Å².